The van der Waals surface area contributed by atoms with Gasteiger partial charge in [0, 0.05) is 32.4 Å². The van der Waals surface area contributed by atoms with E-state index in [2.05, 4.69) is 10.2 Å². The zero-order chi connectivity index (χ0) is 14.8. The normalized spacial score (nSPS) is 10.6. The Labute approximate surface area is 119 Å². The Kier molecular flexibility index (Phi) is 7.46. The number of hydrogen-bond acceptors (Lipinski definition) is 5. The van der Waals surface area contributed by atoms with Gasteiger partial charge in [-0.05, 0) is 31.3 Å². The monoisotopic (exact) mass is 281 g/mol. The van der Waals surface area contributed by atoms with Crippen LogP contribution in [-0.2, 0) is 9.53 Å². The van der Waals surface area contributed by atoms with Gasteiger partial charge in [-0.2, -0.15) is 0 Å². The Balaban J connectivity index is 2.12. The third-order valence-electron chi connectivity index (χ3n) is 2.74. The van der Waals surface area contributed by atoms with Crippen LogP contribution in [0.4, 0.5) is 5.69 Å². The lowest BCUT2D eigenvalue weighted by Gasteiger charge is -2.16. The minimum atomic E-state index is -0.137. The summed E-state index contributed by atoms with van der Waals surface area (Å²) < 4.78 is 10.3. The fourth-order valence-corrected chi connectivity index (χ4v) is 1.51. The minimum Gasteiger partial charge on any atom is -0.484 e. The summed E-state index contributed by atoms with van der Waals surface area (Å²) in [6.45, 7) is 2.89. The maximum Gasteiger partial charge on any atom is 0.257 e. The van der Waals surface area contributed by atoms with Crippen molar-refractivity contribution in [1.29, 1.82) is 0 Å². The van der Waals surface area contributed by atoms with Gasteiger partial charge in [0.05, 0.1) is 6.61 Å². The highest BCUT2D eigenvalue weighted by atomic mass is 16.5. The van der Waals surface area contributed by atoms with E-state index in [1.54, 1.807) is 31.4 Å². The minimum absolute atomic E-state index is 0.00566. The van der Waals surface area contributed by atoms with Gasteiger partial charge in [-0.15, -0.1) is 0 Å². The van der Waals surface area contributed by atoms with Crippen molar-refractivity contribution >= 4 is 11.6 Å². The van der Waals surface area contributed by atoms with Crippen LogP contribution in [0.3, 0.4) is 0 Å². The van der Waals surface area contributed by atoms with Gasteiger partial charge in [0.1, 0.15) is 5.75 Å². The van der Waals surface area contributed by atoms with E-state index in [9.17, 15) is 4.79 Å². The van der Waals surface area contributed by atoms with Crippen LogP contribution >= 0.6 is 0 Å². The zero-order valence-corrected chi connectivity index (χ0v) is 12.1. The molecular weight excluding hydrogens is 258 g/mol. The summed E-state index contributed by atoms with van der Waals surface area (Å²) in [5, 5.41) is 2.80. The van der Waals surface area contributed by atoms with Crippen LogP contribution < -0.4 is 15.8 Å². The predicted molar refractivity (Wildman–Crippen MR) is 78.7 cm³/mol. The Bertz CT molecular complexity index is 395. The van der Waals surface area contributed by atoms with Crippen molar-refractivity contribution in [3.05, 3.63) is 24.3 Å². The molecule has 0 bridgehead atoms. The highest BCUT2D eigenvalue weighted by Gasteiger charge is 2.03. The number of hydrogen-bond donors (Lipinski definition) is 2. The number of ether oxygens (including phenoxy) is 2. The van der Waals surface area contributed by atoms with Crippen molar-refractivity contribution in [2.75, 3.05) is 52.7 Å². The first-order valence-corrected chi connectivity index (χ1v) is 6.54. The molecule has 1 aromatic carbocycles. The largest absolute Gasteiger partial charge is 0.484 e. The first-order valence-electron chi connectivity index (χ1n) is 6.54. The van der Waals surface area contributed by atoms with E-state index >= 15 is 0 Å². The molecule has 1 rings (SSSR count). The number of amides is 1. The number of carbonyl (C=O) groups is 1. The van der Waals surface area contributed by atoms with Crippen molar-refractivity contribution in [3.8, 4) is 5.75 Å². The average molecular weight is 281 g/mol. The third kappa shape index (κ3) is 6.96. The molecule has 0 saturated carbocycles. The molecule has 0 aliphatic heterocycles. The molecule has 1 amide bonds. The summed E-state index contributed by atoms with van der Waals surface area (Å²) in [6.07, 6.45) is 0. The second-order valence-electron chi connectivity index (χ2n) is 4.50. The molecule has 1 aromatic rings. The lowest BCUT2D eigenvalue weighted by atomic mass is 10.3. The van der Waals surface area contributed by atoms with E-state index in [1.807, 2.05) is 7.05 Å². The highest BCUT2D eigenvalue weighted by molar-refractivity contribution is 5.77. The molecule has 20 heavy (non-hydrogen) atoms. The Hall–Kier alpha value is -1.79. The van der Waals surface area contributed by atoms with Crippen LogP contribution in [0, 0.1) is 0 Å². The number of nitrogen functional groups attached to an aromatic ring is 1. The van der Waals surface area contributed by atoms with Crippen LogP contribution in [0.1, 0.15) is 0 Å². The summed E-state index contributed by atoms with van der Waals surface area (Å²) in [5.74, 6) is 0.494. The summed E-state index contributed by atoms with van der Waals surface area (Å²) in [7, 11) is 3.65. The van der Waals surface area contributed by atoms with Gasteiger partial charge in [0.2, 0.25) is 0 Å². The van der Waals surface area contributed by atoms with Gasteiger partial charge in [0.15, 0.2) is 6.61 Å². The summed E-state index contributed by atoms with van der Waals surface area (Å²) in [5.41, 5.74) is 6.23. The number of carbonyl (C=O) groups excluding carboxylic acids is 1. The molecule has 0 aliphatic carbocycles. The maximum atomic E-state index is 11.6. The predicted octanol–water partition coefficient (Wildman–Crippen LogP) is 0.342. The van der Waals surface area contributed by atoms with Gasteiger partial charge in [-0.25, -0.2) is 0 Å². The number of likely N-dealkylation sites (N-methyl/N-ethyl adjacent to an activating group) is 1. The number of anilines is 1. The molecule has 0 aliphatic rings. The molecule has 0 atom stereocenters. The first-order chi connectivity index (χ1) is 9.61. The van der Waals surface area contributed by atoms with E-state index in [0.29, 0.717) is 24.6 Å². The Morgan fingerprint density at radius 2 is 2.00 bits per heavy atom. The van der Waals surface area contributed by atoms with Crippen molar-refractivity contribution in [2.24, 2.45) is 0 Å². The molecular formula is C14H23N3O3. The summed E-state index contributed by atoms with van der Waals surface area (Å²) in [4.78, 5) is 13.7. The van der Waals surface area contributed by atoms with E-state index in [4.69, 9.17) is 15.2 Å². The summed E-state index contributed by atoms with van der Waals surface area (Å²) in [6, 6.07) is 6.94. The van der Waals surface area contributed by atoms with Crippen molar-refractivity contribution in [3.63, 3.8) is 0 Å². The molecule has 112 valence electrons. The molecule has 6 heteroatoms. The number of rotatable bonds is 9. The van der Waals surface area contributed by atoms with Crippen LogP contribution in [0.5, 0.6) is 5.75 Å². The summed E-state index contributed by atoms with van der Waals surface area (Å²) >= 11 is 0. The fourth-order valence-electron chi connectivity index (χ4n) is 1.51. The van der Waals surface area contributed by atoms with Gasteiger partial charge in [-0.3, -0.25) is 4.79 Å². The number of methoxy groups -OCH3 is 1. The molecule has 0 unspecified atom stereocenters. The smallest absolute Gasteiger partial charge is 0.257 e. The van der Waals surface area contributed by atoms with E-state index in [0.717, 1.165) is 13.1 Å². The molecule has 3 N–H and O–H groups in total. The number of nitrogens with zero attached hydrogens (tertiary/aromatic N) is 1. The molecule has 0 saturated heterocycles. The Morgan fingerprint density at radius 1 is 1.30 bits per heavy atom. The quantitative estimate of drug-likeness (QED) is 0.638. The lowest BCUT2D eigenvalue weighted by Crippen LogP contribution is -2.36. The number of nitrogens with one attached hydrogen (secondary N) is 1. The molecule has 0 heterocycles. The topological polar surface area (TPSA) is 76.8 Å². The van der Waals surface area contributed by atoms with Gasteiger partial charge >= 0.3 is 0 Å². The lowest BCUT2D eigenvalue weighted by molar-refractivity contribution is -0.123. The molecule has 0 fully saturated rings. The number of benzene rings is 1. The molecule has 0 spiro atoms. The first kappa shape index (κ1) is 16.3. The maximum absolute atomic E-state index is 11.6. The molecule has 0 aromatic heterocycles. The molecule has 0 radical (unpaired) electrons. The average Bonchev–Trinajstić information content (AvgIpc) is 2.44. The van der Waals surface area contributed by atoms with Crippen LogP contribution in [-0.4, -0.2) is 57.8 Å². The zero-order valence-electron chi connectivity index (χ0n) is 12.1. The third-order valence-corrected chi connectivity index (χ3v) is 2.74. The van der Waals surface area contributed by atoms with Crippen molar-refractivity contribution in [2.45, 2.75) is 0 Å². The fraction of sp³-hybridized carbons (Fsp3) is 0.500. The van der Waals surface area contributed by atoms with Gasteiger partial charge < -0.3 is 25.4 Å². The van der Waals surface area contributed by atoms with E-state index in [-0.39, 0.29) is 12.5 Å². The van der Waals surface area contributed by atoms with Crippen molar-refractivity contribution in [1.82, 2.24) is 10.2 Å². The van der Waals surface area contributed by atoms with E-state index in [1.165, 1.54) is 0 Å². The second-order valence-corrected chi connectivity index (χ2v) is 4.50. The highest BCUT2D eigenvalue weighted by Crippen LogP contribution is 2.12. The van der Waals surface area contributed by atoms with Gasteiger partial charge in [-0.1, -0.05) is 0 Å². The standard InChI is InChI=1S/C14H23N3O3/c1-17(9-10-19-2)8-7-16-14(18)11-20-13-5-3-12(15)4-6-13/h3-6H,7-11,15H2,1-2H3,(H,16,18). The second kappa shape index (κ2) is 9.17. The van der Waals surface area contributed by atoms with Crippen molar-refractivity contribution < 1.29 is 14.3 Å². The molecule has 6 nitrogen and oxygen atoms in total. The van der Waals surface area contributed by atoms with E-state index < -0.39 is 0 Å². The number of nitrogens with two attached hydrogens (primary N) is 1. The Morgan fingerprint density at radius 3 is 2.65 bits per heavy atom. The SMILES string of the molecule is COCCN(C)CCNC(=O)COc1ccc(N)cc1. The van der Waals surface area contributed by atoms with Gasteiger partial charge in [0.25, 0.3) is 5.91 Å². The van der Waals surface area contributed by atoms with Crippen LogP contribution in [0.25, 0.3) is 0 Å². The van der Waals surface area contributed by atoms with Crippen LogP contribution in [0.15, 0.2) is 24.3 Å². The van der Waals surface area contributed by atoms with Crippen LogP contribution in [0.2, 0.25) is 0 Å².